The molecule has 1 N–H and O–H groups in total. The summed E-state index contributed by atoms with van der Waals surface area (Å²) < 4.78 is 34.0. The number of nitrogens with zero attached hydrogens (tertiary/aromatic N) is 3. The predicted octanol–water partition coefficient (Wildman–Crippen LogP) is 5.45. The molecule has 1 atom stereocenters. The van der Waals surface area contributed by atoms with Gasteiger partial charge < -0.3 is 10.1 Å². The third-order valence-electron chi connectivity index (χ3n) is 5.27. The zero-order valence-electron chi connectivity index (χ0n) is 20.9. The second-order valence-corrected chi connectivity index (χ2v) is 10.4. The maximum atomic E-state index is 14.7. The number of alkyl carbamates (subject to hydrolysis) is 1. The minimum absolute atomic E-state index is 0.0532. The highest BCUT2D eigenvalue weighted by atomic mass is 32.2. The van der Waals surface area contributed by atoms with Crippen molar-refractivity contribution >= 4 is 28.9 Å². The molecule has 0 spiro atoms. The van der Waals surface area contributed by atoms with E-state index in [2.05, 4.69) is 10.4 Å². The number of thioether (sulfide) groups is 1. The maximum Gasteiger partial charge on any atom is 0.407 e. The van der Waals surface area contributed by atoms with E-state index >= 15 is 0 Å². The average molecular weight is 521 g/mol. The van der Waals surface area contributed by atoms with Gasteiger partial charge in [0.25, 0.3) is 0 Å². The monoisotopic (exact) mass is 520 g/mol. The molecule has 0 bridgehead atoms. The van der Waals surface area contributed by atoms with Gasteiger partial charge in [-0.05, 0) is 57.4 Å². The predicted molar refractivity (Wildman–Crippen MR) is 134 cm³/mol. The molecule has 1 unspecified atom stereocenters. The number of hydroxylamine groups is 2. The van der Waals surface area contributed by atoms with Crippen molar-refractivity contribution in [2.24, 2.45) is 5.10 Å². The van der Waals surface area contributed by atoms with Crippen LogP contribution in [0, 0.1) is 11.6 Å². The van der Waals surface area contributed by atoms with E-state index in [4.69, 9.17) is 9.57 Å². The molecule has 2 aromatic rings. The lowest BCUT2D eigenvalue weighted by atomic mass is 10.0. The van der Waals surface area contributed by atoms with Gasteiger partial charge in [-0.2, -0.15) is 10.1 Å². The highest BCUT2D eigenvalue weighted by molar-refractivity contribution is 8.15. The van der Waals surface area contributed by atoms with Crippen molar-refractivity contribution in [1.29, 1.82) is 0 Å². The van der Waals surface area contributed by atoms with Crippen molar-refractivity contribution in [1.82, 2.24) is 15.4 Å². The highest BCUT2D eigenvalue weighted by Crippen LogP contribution is 2.50. The Morgan fingerprint density at radius 3 is 2.50 bits per heavy atom. The second-order valence-electron chi connectivity index (χ2n) is 9.09. The third-order valence-corrected chi connectivity index (χ3v) is 6.71. The zero-order valence-corrected chi connectivity index (χ0v) is 21.7. The quantitative estimate of drug-likeness (QED) is 0.388. The molecule has 0 aromatic heterocycles. The summed E-state index contributed by atoms with van der Waals surface area (Å²) in [5, 5.41) is 9.54. The smallest absolute Gasteiger partial charge is 0.407 e. The van der Waals surface area contributed by atoms with Crippen LogP contribution in [-0.2, 0) is 14.4 Å². The fourth-order valence-electron chi connectivity index (χ4n) is 3.59. The van der Waals surface area contributed by atoms with Crippen molar-refractivity contribution in [3.63, 3.8) is 0 Å². The Kier molecular flexibility index (Phi) is 8.57. The van der Waals surface area contributed by atoms with Gasteiger partial charge in [0.15, 0.2) is 0 Å². The van der Waals surface area contributed by atoms with Crippen LogP contribution < -0.4 is 5.32 Å². The van der Waals surface area contributed by atoms with Crippen LogP contribution in [0.1, 0.15) is 44.7 Å². The summed E-state index contributed by atoms with van der Waals surface area (Å²) in [7, 11) is 2.77. The maximum absolute atomic E-state index is 14.7. The van der Waals surface area contributed by atoms with Crippen LogP contribution in [0.2, 0.25) is 0 Å². The molecule has 0 aliphatic carbocycles. The first-order valence-corrected chi connectivity index (χ1v) is 12.2. The van der Waals surface area contributed by atoms with E-state index in [1.54, 1.807) is 20.8 Å². The summed E-state index contributed by atoms with van der Waals surface area (Å²) in [6.45, 7) is 5.57. The van der Waals surface area contributed by atoms with Crippen molar-refractivity contribution in [2.75, 3.05) is 20.7 Å². The number of rotatable bonds is 7. The molecular formula is C25H30F2N4O4S. The molecule has 3 rings (SSSR count). The van der Waals surface area contributed by atoms with Gasteiger partial charge in [-0.15, -0.1) is 0 Å². The normalized spacial score (nSPS) is 17.5. The standard InChI is InChI=1S/C25H30F2N4O4S/c1-24(2,3)35-22(32)28-15-9-14-25(17-10-7-6-8-11-17)31(23(33)30(4)34-5)29-21(36-25)19-16-18(26)12-13-20(19)27/h6-8,10-13,16H,9,14-15H2,1-5H3,(H,28,32). The van der Waals surface area contributed by atoms with Crippen LogP contribution in [0.3, 0.4) is 0 Å². The van der Waals surface area contributed by atoms with Crippen molar-refractivity contribution in [3.05, 3.63) is 71.3 Å². The van der Waals surface area contributed by atoms with Gasteiger partial charge in [-0.25, -0.2) is 23.4 Å². The number of nitrogens with one attached hydrogen (secondary N) is 1. The summed E-state index contributed by atoms with van der Waals surface area (Å²) in [4.78, 5) is 29.4. The van der Waals surface area contributed by atoms with Gasteiger partial charge in [0.05, 0.1) is 7.11 Å². The number of carbonyl (C=O) groups excluding carboxylic acids is 2. The van der Waals surface area contributed by atoms with Gasteiger partial charge in [0.2, 0.25) is 0 Å². The number of urea groups is 1. The summed E-state index contributed by atoms with van der Waals surface area (Å²) >= 11 is 1.14. The van der Waals surface area contributed by atoms with Crippen LogP contribution in [0.15, 0.2) is 53.6 Å². The first kappa shape index (κ1) is 27.4. The number of carbonyl (C=O) groups is 2. The Morgan fingerprint density at radius 2 is 1.86 bits per heavy atom. The molecule has 1 aliphatic rings. The van der Waals surface area contributed by atoms with E-state index in [-0.39, 0.29) is 17.2 Å². The van der Waals surface area contributed by atoms with Gasteiger partial charge in [-0.1, -0.05) is 42.1 Å². The number of benzene rings is 2. The van der Waals surface area contributed by atoms with Crippen molar-refractivity contribution < 1.29 is 27.9 Å². The Morgan fingerprint density at radius 1 is 1.17 bits per heavy atom. The summed E-state index contributed by atoms with van der Waals surface area (Å²) in [6, 6.07) is 11.6. The minimum atomic E-state index is -1.12. The molecular weight excluding hydrogens is 490 g/mol. The van der Waals surface area contributed by atoms with Gasteiger partial charge in [-0.3, -0.25) is 4.84 Å². The van der Waals surface area contributed by atoms with E-state index in [1.807, 2.05) is 30.3 Å². The molecule has 0 fully saturated rings. The fraction of sp³-hybridized carbons (Fsp3) is 0.400. The van der Waals surface area contributed by atoms with E-state index in [9.17, 15) is 18.4 Å². The second kappa shape index (κ2) is 11.3. The molecule has 36 heavy (non-hydrogen) atoms. The molecule has 11 heteroatoms. The lowest BCUT2D eigenvalue weighted by Gasteiger charge is -2.37. The van der Waals surface area contributed by atoms with Crippen LogP contribution in [0.4, 0.5) is 18.4 Å². The lowest BCUT2D eigenvalue weighted by molar-refractivity contribution is -0.0805. The third kappa shape index (κ3) is 6.33. The Bertz CT molecular complexity index is 1130. The number of halogens is 2. The van der Waals surface area contributed by atoms with Crippen molar-refractivity contribution in [3.8, 4) is 0 Å². The molecule has 1 aliphatic heterocycles. The number of hydrogen-bond acceptors (Lipinski definition) is 6. The van der Waals surface area contributed by atoms with E-state index in [1.165, 1.54) is 19.2 Å². The zero-order chi connectivity index (χ0) is 26.5. The van der Waals surface area contributed by atoms with Gasteiger partial charge in [0, 0.05) is 19.2 Å². The fourth-order valence-corrected chi connectivity index (χ4v) is 5.00. The van der Waals surface area contributed by atoms with E-state index in [0.717, 1.165) is 40.6 Å². The molecule has 8 nitrogen and oxygen atoms in total. The lowest BCUT2D eigenvalue weighted by Crippen LogP contribution is -2.47. The topological polar surface area (TPSA) is 83.5 Å². The molecule has 0 saturated heterocycles. The molecule has 0 radical (unpaired) electrons. The van der Waals surface area contributed by atoms with E-state index in [0.29, 0.717) is 12.8 Å². The molecule has 194 valence electrons. The van der Waals surface area contributed by atoms with Gasteiger partial charge >= 0.3 is 12.1 Å². The van der Waals surface area contributed by atoms with Crippen LogP contribution in [0.5, 0.6) is 0 Å². The number of hydrogen-bond donors (Lipinski definition) is 1. The first-order valence-electron chi connectivity index (χ1n) is 11.3. The molecule has 0 saturated carbocycles. The SMILES string of the molecule is CON(C)C(=O)N1N=C(c2cc(F)ccc2F)SC1(CCCNC(=O)OC(C)(C)C)c1ccccc1. The largest absolute Gasteiger partial charge is 0.444 e. The Labute approximate surface area is 213 Å². The van der Waals surface area contributed by atoms with Crippen LogP contribution >= 0.6 is 11.8 Å². The molecule has 2 aromatic carbocycles. The average Bonchev–Trinajstić information content (AvgIpc) is 3.22. The van der Waals surface area contributed by atoms with Crippen LogP contribution in [-0.4, -0.2) is 53.5 Å². The first-order chi connectivity index (χ1) is 17.0. The minimum Gasteiger partial charge on any atom is -0.444 e. The Balaban J connectivity index is 1.96. The number of amides is 3. The van der Waals surface area contributed by atoms with Crippen LogP contribution in [0.25, 0.3) is 0 Å². The number of hydrazone groups is 1. The summed E-state index contributed by atoms with van der Waals surface area (Å²) in [5.74, 6) is -1.29. The summed E-state index contributed by atoms with van der Waals surface area (Å²) in [5.41, 5.74) is 0.0331. The molecule has 3 amide bonds. The molecule has 1 heterocycles. The van der Waals surface area contributed by atoms with E-state index < -0.39 is 34.2 Å². The van der Waals surface area contributed by atoms with Crippen molar-refractivity contribution in [2.45, 2.75) is 44.1 Å². The number of ether oxygens (including phenoxy) is 1. The van der Waals surface area contributed by atoms with Gasteiger partial charge in [0.1, 0.15) is 27.2 Å². The summed E-state index contributed by atoms with van der Waals surface area (Å²) in [6.07, 6.45) is 0.196. The highest BCUT2D eigenvalue weighted by Gasteiger charge is 2.49. The Hall–Kier alpha value is -3.18.